The van der Waals surface area contributed by atoms with Crippen molar-refractivity contribution in [3.63, 3.8) is 0 Å². The van der Waals surface area contributed by atoms with Gasteiger partial charge in [-0.1, -0.05) is 54.2 Å². The van der Waals surface area contributed by atoms with E-state index in [4.69, 9.17) is 4.42 Å². The Hall–Kier alpha value is -4.18. The van der Waals surface area contributed by atoms with Gasteiger partial charge in [0.05, 0.1) is 30.7 Å². The van der Waals surface area contributed by atoms with Crippen molar-refractivity contribution in [3.8, 4) is 0 Å². The molecule has 2 aliphatic rings. The van der Waals surface area contributed by atoms with Crippen molar-refractivity contribution >= 4 is 46.2 Å². The Morgan fingerprint density at radius 2 is 1.78 bits per heavy atom. The van der Waals surface area contributed by atoms with Gasteiger partial charge in [0.25, 0.3) is 5.91 Å². The number of furan rings is 1. The minimum absolute atomic E-state index is 0.0582. The molecule has 0 spiro atoms. The van der Waals surface area contributed by atoms with Gasteiger partial charge in [-0.3, -0.25) is 19.4 Å². The summed E-state index contributed by atoms with van der Waals surface area (Å²) < 4.78 is 5.23. The van der Waals surface area contributed by atoms with E-state index in [0.717, 1.165) is 22.9 Å². The number of aliphatic imine (C=N–C) groups is 2. The van der Waals surface area contributed by atoms with Crippen LogP contribution in [0.4, 0.5) is 5.69 Å². The number of thioether (sulfide) groups is 1. The summed E-state index contributed by atoms with van der Waals surface area (Å²) in [5, 5.41) is 6.03. The van der Waals surface area contributed by atoms with Crippen LogP contribution in [0.5, 0.6) is 0 Å². The van der Waals surface area contributed by atoms with Crippen LogP contribution in [0.2, 0.25) is 0 Å². The number of hydrogen-bond acceptors (Lipinski definition) is 7. The number of para-hydroxylation sites is 1. The molecule has 0 fully saturated rings. The summed E-state index contributed by atoms with van der Waals surface area (Å²) in [5.74, 6) is 0.374. The van der Waals surface area contributed by atoms with Gasteiger partial charge in [0.15, 0.2) is 5.17 Å². The first-order valence-electron chi connectivity index (χ1n) is 11.9. The van der Waals surface area contributed by atoms with Crippen LogP contribution >= 0.6 is 11.8 Å². The predicted octanol–water partition coefficient (Wildman–Crippen LogP) is 3.04. The van der Waals surface area contributed by atoms with E-state index in [1.807, 2.05) is 54.6 Å². The lowest BCUT2D eigenvalue weighted by Crippen LogP contribution is -2.42. The largest absolute Gasteiger partial charge is 0.467 e. The maximum Gasteiger partial charge on any atom is 0.259 e. The van der Waals surface area contributed by atoms with Crippen molar-refractivity contribution in [1.82, 2.24) is 15.5 Å². The standard InChI is InChI=1S/C27H25N5O4S/c33-23(28-13-12-18-7-2-1-3-8-18)15-22-26(35)32-25(30-22)20-10-4-5-11-21(20)31-27(32)37-17-24(34)29-16-19-9-6-14-36-19/h1-11,14,22H,12-13,15-17H2,(H,28,33)(H,29,34)/t22-/m1/s1. The molecular formula is C27H25N5O4S. The molecule has 10 heteroatoms. The molecule has 1 aromatic heterocycles. The maximum atomic E-state index is 13.3. The van der Waals surface area contributed by atoms with Crippen molar-refractivity contribution in [2.75, 3.05) is 12.3 Å². The smallest absolute Gasteiger partial charge is 0.259 e. The zero-order valence-electron chi connectivity index (χ0n) is 19.9. The summed E-state index contributed by atoms with van der Waals surface area (Å²) in [6, 6.07) is 19.9. The minimum atomic E-state index is -0.850. The van der Waals surface area contributed by atoms with Gasteiger partial charge in [-0.05, 0) is 36.2 Å². The first-order valence-corrected chi connectivity index (χ1v) is 12.9. The highest BCUT2D eigenvalue weighted by molar-refractivity contribution is 8.14. The fourth-order valence-electron chi connectivity index (χ4n) is 4.05. The number of benzene rings is 2. The third kappa shape index (κ3) is 5.80. The molecule has 0 bridgehead atoms. The molecule has 3 aromatic rings. The van der Waals surface area contributed by atoms with Gasteiger partial charge < -0.3 is 15.1 Å². The molecule has 0 saturated carbocycles. The van der Waals surface area contributed by atoms with Crippen LogP contribution in [0.25, 0.3) is 0 Å². The average molecular weight is 516 g/mol. The number of nitrogens with zero attached hydrogens (tertiary/aromatic N) is 3. The van der Waals surface area contributed by atoms with Gasteiger partial charge in [0, 0.05) is 12.1 Å². The molecule has 1 atom stereocenters. The molecule has 0 saturated heterocycles. The highest BCUT2D eigenvalue weighted by atomic mass is 32.2. The lowest BCUT2D eigenvalue weighted by atomic mass is 10.1. The zero-order valence-corrected chi connectivity index (χ0v) is 20.7. The van der Waals surface area contributed by atoms with Crippen LogP contribution in [-0.2, 0) is 27.3 Å². The molecule has 0 aliphatic carbocycles. The van der Waals surface area contributed by atoms with E-state index < -0.39 is 6.04 Å². The topological polar surface area (TPSA) is 116 Å². The van der Waals surface area contributed by atoms with Crippen molar-refractivity contribution in [3.05, 3.63) is 89.9 Å². The van der Waals surface area contributed by atoms with E-state index in [-0.39, 0.29) is 36.4 Å². The van der Waals surface area contributed by atoms with E-state index >= 15 is 0 Å². The molecule has 3 amide bonds. The monoisotopic (exact) mass is 515 g/mol. The Balaban J connectivity index is 1.23. The molecule has 9 nitrogen and oxygen atoms in total. The minimum Gasteiger partial charge on any atom is -0.467 e. The summed E-state index contributed by atoms with van der Waals surface area (Å²) in [5.41, 5.74) is 2.51. The molecule has 2 aromatic carbocycles. The SMILES string of the molecule is O=C(CSC1=Nc2ccccc2C2=N[C@H](CC(=O)NCCc3ccccc3)C(=O)N12)NCc1ccco1. The fourth-order valence-corrected chi connectivity index (χ4v) is 4.88. The predicted molar refractivity (Wildman–Crippen MR) is 141 cm³/mol. The number of amides is 3. The van der Waals surface area contributed by atoms with Crippen molar-refractivity contribution in [2.24, 2.45) is 9.98 Å². The number of rotatable bonds is 9. The lowest BCUT2D eigenvalue weighted by Gasteiger charge is -2.25. The molecule has 188 valence electrons. The molecule has 2 aliphatic heterocycles. The Labute approximate surface area is 218 Å². The van der Waals surface area contributed by atoms with E-state index in [2.05, 4.69) is 20.6 Å². The van der Waals surface area contributed by atoms with Crippen LogP contribution in [0.1, 0.15) is 23.3 Å². The fraction of sp³-hybridized carbons (Fsp3) is 0.222. The molecular weight excluding hydrogens is 490 g/mol. The van der Waals surface area contributed by atoms with Gasteiger partial charge in [-0.25, -0.2) is 9.89 Å². The number of fused-ring (bicyclic) bond motifs is 3. The first kappa shape index (κ1) is 24.5. The van der Waals surface area contributed by atoms with Crippen LogP contribution in [0.3, 0.4) is 0 Å². The molecule has 0 unspecified atom stereocenters. The Morgan fingerprint density at radius 1 is 0.973 bits per heavy atom. The van der Waals surface area contributed by atoms with Crippen LogP contribution < -0.4 is 10.6 Å². The summed E-state index contributed by atoms with van der Waals surface area (Å²) >= 11 is 1.15. The summed E-state index contributed by atoms with van der Waals surface area (Å²) in [6.45, 7) is 0.751. The zero-order chi connectivity index (χ0) is 25.6. The normalized spacial score (nSPS) is 15.9. The Kier molecular flexibility index (Phi) is 7.46. The third-order valence-corrected chi connectivity index (χ3v) is 6.82. The maximum absolute atomic E-state index is 13.3. The number of hydrogen-bond donors (Lipinski definition) is 2. The van der Waals surface area contributed by atoms with E-state index in [1.165, 1.54) is 4.90 Å². The second-order valence-electron chi connectivity index (χ2n) is 8.49. The molecule has 3 heterocycles. The summed E-state index contributed by atoms with van der Waals surface area (Å²) in [4.78, 5) is 49.0. The quantitative estimate of drug-likeness (QED) is 0.454. The Bertz CT molecular complexity index is 1350. The molecule has 2 N–H and O–H groups in total. The number of carbonyl (C=O) groups is 3. The van der Waals surface area contributed by atoms with Crippen molar-refractivity contribution in [1.29, 1.82) is 0 Å². The number of nitrogens with one attached hydrogen (secondary N) is 2. The molecule has 37 heavy (non-hydrogen) atoms. The Morgan fingerprint density at radius 3 is 2.59 bits per heavy atom. The molecule has 5 rings (SSSR count). The second-order valence-corrected chi connectivity index (χ2v) is 9.43. The average Bonchev–Trinajstić information content (AvgIpc) is 3.55. The van der Waals surface area contributed by atoms with Crippen LogP contribution in [0, 0.1) is 0 Å². The van der Waals surface area contributed by atoms with E-state index in [0.29, 0.717) is 35.4 Å². The van der Waals surface area contributed by atoms with Gasteiger partial charge >= 0.3 is 0 Å². The van der Waals surface area contributed by atoms with Crippen molar-refractivity contribution in [2.45, 2.75) is 25.4 Å². The lowest BCUT2D eigenvalue weighted by molar-refractivity contribution is -0.128. The number of amidine groups is 2. The van der Waals surface area contributed by atoms with E-state index in [1.54, 1.807) is 18.4 Å². The van der Waals surface area contributed by atoms with E-state index in [9.17, 15) is 14.4 Å². The van der Waals surface area contributed by atoms with Gasteiger partial charge in [0.2, 0.25) is 11.8 Å². The third-order valence-electron chi connectivity index (χ3n) is 5.88. The highest BCUT2D eigenvalue weighted by Gasteiger charge is 2.42. The van der Waals surface area contributed by atoms with Gasteiger partial charge in [0.1, 0.15) is 17.6 Å². The van der Waals surface area contributed by atoms with Gasteiger partial charge in [-0.15, -0.1) is 0 Å². The second kappa shape index (κ2) is 11.3. The van der Waals surface area contributed by atoms with Crippen molar-refractivity contribution < 1.29 is 18.8 Å². The summed E-state index contributed by atoms with van der Waals surface area (Å²) in [6.07, 6.45) is 2.19. The number of carbonyl (C=O) groups excluding carboxylic acids is 3. The van der Waals surface area contributed by atoms with Crippen LogP contribution in [-0.4, -0.2) is 52.0 Å². The molecule has 0 radical (unpaired) electrons. The first-order chi connectivity index (χ1) is 18.1. The van der Waals surface area contributed by atoms with Crippen LogP contribution in [0.15, 0.2) is 87.4 Å². The highest BCUT2D eigenvalue weighted by Crippen LogP contribution is 2.34. The summed E-state index contributed by atoms with van der Waals surface area (Å²) in [7, 11) is 0. The van der Waals surface area contributed by atoms with Gasteiger partial charge in [-0.2, -0.15) is 0 Å².